The average Bonchev–Trinajstić information content (AvgIpc) is 2.43. The van der Waals surface area contributed by atoms with Crippen molar-refractivity contribution in [2.45, 2.75) is 6.42 Å². The molecule has 0 unspecified atom stereocenters. The SMILES string of the molecule is O=C(Cc1ccccc1F)Nc1c(Br)cccc1C(=O)O. The van der Waals surface area contributed by atoms with Crippen molar-refractivity contribution in [2.24, 2.45) is 0 Å². The average molecular weight is 352 g/mol. The Balaban J connectivity index is 2.21. The number of hydrogen-bond acceptors (Lipinski definition) is 2. The van der Waals surface area contributed by atoms with E-state index in [0.29, 0.717) is 4.47 Å². The topological polar surface area (TPSA) is 66.4 Å². The Bertz CT molecular complexity index is 703. The summed E-state index contributed by atoms with van der Waals surface area (Å²) in [4.78, 5) is 23.1. The fourth-order valence-corrected chi connectivity index (χ4v) is 2.29. The summed E-state index contributed by atoms with van der Waals surface area (Å²) in [7, 11) is 0. The second kappa shape index (κ2) is 6.49. The van der Waals surface area contributed by atoms with E-state index in [2.05, 4.69) is 21.2 Å². The molecule has 0 aromatic heterocycles. The highest BCUT2D eigenvalue weighted by Gasteiger charge is 2.16. The van der Waals surface area contributed by atoms with Gasteiger partial charge in [-0.1, -0.05) is 24.3 Å². The van der Waals surface area contributed by atoms with Crippen molar-refractivity contribution in [1.29, 1.82) is 0 Å². The van der Waals surface area contributed by atoms with Gasteiger partial charge >= 0.3 is 5.97 Å². The molecule has 0 saturated heterocycles. The molecule has 0 fully saturated rings. The Morgan fingerprint density at radius 1 is 1.14 bits per heavy atom. The number of carbonyl (C=O) groups is 2. The molecule has 21 heavy (non-hydrogen) atoms. The highest BCUT2D eigenvalue weighted by Crippen LogP contribution is 2.26. The van der Waals surface area contributed by atoms with Crippen molar-refractivity contribution in [1.82, 2.24) is 0 Å². The molecule has 0 aliphatic heterocycles. The summed E-state index contributed by atoms with van der Waals surface area (Å²) in [5.74, 6) is -2.12. The zero-order valence-corrected chi connectivity index (χ0v) is 12.4. The van der Waals surface area contributed by atoms with Gasteiger partial charge in [0.25, 0.3) is 0 Å². The van der Waals surface area contributed by atoms with Gasteiger partial charge in [-0.15, -0.1) is 0 Å². The zero-order chi connectivity index (χ0) is 15.4. The number of amides is 1. The quantitative estimate of drug-likeness (QED) is 0.886. The maximum absolute atomic E-state index is 13.5. The summed E-state index contributed by atoms with van der Waals surface area (Å²) < 4.78 is 13.9. The minimum absolute atomic E-state index is 0.0359. The molecule has 0 heterocycles. The fraction of sp³-hybridized carbons (Fsp3) is 0.0667. The van der Waals surface area contributed by atoms with Gasteiger partial charge in [-0.05, 0) is 39.7 Å². The molecule has 0 saturated carbocycles. The van der Waals surface area contributed by atoms with Gasteiger partial charge in [0.2, 0.25) is 5.91 Å². The molecule has 2 rings (SSSR count). The number of rotatable bonds is 4. The lowest BCUT2D eigenvalue weighted by Crippen LogP contribution is -2.17. The van der Waals surface area contributed by atoms with Crippen molar-refractivity contribution >= 4 is 33.5 Å². The highest BCUT2D eigenvalue weighted by molar-refractivity contribution is 9.10. The number of para-hydroxylation sites is 1. The van der Waals surface area contributed by atoms with Crippen LogP contribution >= 0.6 is 15.9 Å². The van der Waals surface area contributed by atoms with E-state index in [1.807, 2.05) is 0 Å². The molecule has 2 aromatic rings. The Morgan fingerprint density at radius 3 is 2.52 bits per heavy atom. The predicted molar refractivity (Wildman–Crippen MR) is 79.8 cm³/mol. The van der Waals surface area contributed by atoms with Crippen LogP contribution in [0.5, 0.6) is 0 Å². The number of carboxylic acids is 1. The number of benzene rings is 2. The van der Waals surface area contributed by atoms with Crippen LogP contribution in [0.25, 0.3) is 0 Å². The first-order valence-corrected chi connectivity index (χ1v) is 6.83. The molecule has 6 heteroatoms. The van der Waals surface area contributed by atoms with Crippen LogP contribution < -0.4 is 5.32 Å². The van der Waals surface area contributed by atoms with Crippen LogP contribution in [0.2, 0.25) is 0 Å². The van der Waals surface area contributed by atoms with Crippen molar-refractivity contribution in [2.75, 3.05) is 5.32 Å². The molecule has 0 spiro atoms. The van der Waals surface area contributed by atoms with E-state index >= 15 is 0 Å². The van der Waals surface area contributed by atoms with Crippen LogP contribution in [-0.2, 0) is 11.2 Å². The minimum atomic E-state index is -1.16. The van der Waals surface area contributed by atoms with E-state index < -0.39 is 17.7 Å². The van der Waals surface area contributed by atoms with E-state index in [4.69, 9.17) is 5.11 Å². The molecule has 1 amide bonds. The lowest BCUT2D eigenvalue weighted by Gasteiger charge is -2.10. The third-order valence-corrected chi connectivity index (χ3v) is 3.48. The number of carbonyl (C=O) groups excluding carboxylic acids is 1. The van der Waals surface area contributed by atoms with Gasteiger partial charge in [-0.2, -0.15) is 0 Å². The molecule has 0 aliphatic carbocycles. The monoisotopic (exact) mass is 351 g/mol. The van der Waals surface area contributed by atoms with E-state index in [0.717, 1.165) is 0 Å². The first-order chi connectivity index (χ1) is 9.99. The normalized spacial score (nSPS) is 10.2. The standard InChI is InChI=1S/C15H11BrFNO3/c16-11-6-3-5-10(15(20)21)14(11)18-13(19)8-9-4-1-2-7-12(9)17/h1-7H,8H2,(H,18,19)(H,20,21). The Hall–Kier alpha value is -2.21. The predicted octanol–water partition coefficient (Wildman–Crippen LogP) is 3.47. The summed E-state index contributed by atoms with van der Waals surface area (Å²) in [6.45, 7) is 0. The largest absolute Gasteiger partial charge is 0.478 e. The summed E-state index contributed by atoms with van der Waals surface area (Å²) in [5.41, 5.74) is 0.372. The number of aromatic carboxylic acids is 1. The van der Waals surface area contributed by atoms with Crippen molar-refractivity contribution in [3.63, 3.8) is 0 Å². The lowest BCUT2D eigenvalue weighted by atomic mass is 10.1. The van der Waals surface area contributed by atoms with Crippen molar-refractivity contribution < 1.29 is 19.1 Å². The molecule has 0 radical (unpaired) electrons. The van der Waals surface area contributed by atoms with Crippen LogP contribution in [0, 0.1) is 5.82 Å². The number of nitrogens with one attached hydrogen (secondary N) is 1. The third-order valence-electron chi connectivity index (χ3n) is 2.82. The highest BCUT2D eigenvalue weighted by atomic mass is 79.9. The molecule has 0 atom stereocenters. The summed E-state index contributed by atoms with van der Waals surface area (Å²) in [6, 6.07) is 10.5. The summed E-state index contributed by atoms with van der Waals surface area (Å²) in [5, 5.41) is 11.6. The van der Waals surface area contributed by atoms with Gasteiger partial charge < -0.3 is 10.4 Å². The van der Waals surface area contributed by atoms with Gasteiger partial charge in [0, 0.05) is 4.47 Å². The fourth-order valence-electron chi connectivity index (χ4n) is 1.83. The Morgan fingerprint density at radius 2 is 1.86 bits per heavy atom. The summed E-state index contributed by atoms with van der Waals surface area (Å²) in [6.07, 6.45) is -0.174. The number of anilines is 1. The smallest absolute Gasteiger partial charge is 0.337 e. The van der Waals surface area contributed by atoms with E-state index in [1.54, 1.807) is 18.2 Å². The number of halogens is 2. The Kier molecular flexibility index (Phi) is 4.70. The maximum Gasteiger partial charge on any atom is 0.337 e. The van der Waals surface area contributed by atoms with E-state index in [1.165, 1.54) is 24.3 Å². The molecular formula is C15H11BrFNO3. The second-order valence-electron chi connectivity index (χ2n) is 4.28. The molecule has 0 bridgehead atoms. The molecule has 0 aliphatic rings. The molecular weight excluding hydrogens is 341 g/mol. The number of carboxylic acid groups (broad SMARTS) is 1. The van der Waals surface area contributed by atoms with E-state index in [9.17, 15) is 14.0 Å². The van der Waals surface area contributed by atoms with E-state index in [-0.39, 0.29) is 23.2 Å². The number of hydrogen-bond donors (Lipinski definition) is 2. The van der Waals surface area contributed by atoms with Gasteiger partial charge in [0.15, 0.2) is 0 Å². The van der Waals surface area contributed by atoms with Crippen LogP contribution in [0.3, 0.4) is 0 Å². The summed E-state index contributed by atoms with van der Waals surface area (Å²) >= 11 is 3.19. The lowest BCUT2D eigenvalue weighted by molar-refractivity contribution is -0.115. The van der Waals surface area contributed by atoms with Crippen molar-refractivity contribution in [3.05, 3.63) is 63.9 Å². The zero-order valence-electron chi connectivity index (χ0n) is 10.8. The first kappa shape index (κ1) is 15.2. The minimum Gasteiger partial charge on any atom is -0.478 e. The van der Waals surface area contributed by atoms with Gasteiger partial charge in [0.1, 0.15) is 5.82 Å². The van der Waals surface area contributed by atoms with Gasteiger partial charge in [-0.25, -0.2) is 9.18 Å². The van der Waals surface area contributed by atoms with Crippen LogP contribution in [0.15, 0.2) is 46.9 Å². The Labute approximate surface area is 128 Å². The molecule has 108 valence electrons. The molecule has 2 N–H and O–H groups in total. The van der Waals surface area contributed by atoms with Gasteiger partial charge in [-0.3, -0.25) is 4.79 Å². The third kappa shape index (κ3) is 3.66. The molecule has 4 nitrogen and oxygen atoms in total. The second-order valence-corrected chi connectivity index (χ2v) is 5.14. The van der Waals surface area contributed by atoms with Crippen LogP contribution in [0.4, 0.5) is 10.1 Å². The van der Waals surface area contributed by atoms with Crippen LogP contribution in [-0.4, -0.2) is 17.0 Å². The maximum atomic E-state index is 13.5. The first-order valence-electron chi connectivity index (χ1n) is 6.04. The van der Waals surface area contributed by atoms with Gasteiger partial charge in [0.05, 0.1) is 17.7 Å². The molecule has 2 aromatic carbocycles. The van der Waals surface area contributed by atoms with Crippen molar-refractivity contribution in [3.8, 4) is 0 Å². The van der Waals surface area contributed by atoms with Crippen LogP contribution in [0.1, 0.15) is 15.9 Å².